The van der Waals surface area contributed by atoms with E-state index in [1.807, 2.05) is 66.7 Å². The molecule has 0 amide bonds. The molecule has 0 aliphatic carbocycles. The predicted octanol–water partition coefficient (Wildman–Crippen LogP) is 6.09. The summed E-state index contributed by atoms with van der Waals surface area (Å²) in [7, 11) is 0. The second kappa shape index (κ2) is 6.93. The van der Waals surface area contributed by atoms with Crippen molar-refractivity contribution in [1.29, 1.82) is 5.26 Å². The van der Waals surface area contributed by atoms with Crippen molar-refractivity contribution in [3.63, 3.8) is 0 Å². The van der Waals surface area contributed by atoms with Gasteiger partial charge in [0.15, 0.2) is 5.76 Å². The van der Waals surface area contributed by atoms with Gasteiger partial charge in [-0.3, -0.25) is 0 Å². The Hall–Kier alpha value is -3.88. The van der Waals surface area contributed by atoms with Crippen molar-refractivity contribution in [3.05, 3.63) is 83.1 Å². The Bertz CT molecular complexity index is 1390. The molecule has 5 aromatic rings. The lowest BCUT2D eigenvalue weighted by atomic mass is 10.0. The summed E-state index contributed by atoms with van der Waals surface area (Å²) in [6, 6.07) is 23.0. The summed E-state index contributed by atoms with van der Waals surface area (Å²) in [5.74, 6) is 1.20. The van der Waals surface area contributed by atoms with Crippen LogP contribution in [0.25, 0.3) is 44.9 Å². The molecular weight excluding hydrogens is 384 g/mol. The summed E-state index contributed by atoms with van der Waals surface area (Å²) >= 11 is 5.98. The lowest BCUT2D eigenvalue weighted by Crippen LogP contribution is -1.85. The summed E-state index contributed by atoms with van der Waals surface area (Å²) in [4.78, 5) is 7.71. The highest BCUT2D eigenvalue weighted by molar-refractivity contribution is 6.30. The highest BCUT2D eigenvalue weighted by Crippen LogP contribution is 2.31. The molecule has 0 aliphatic rings. The highest BCUT2D eigenvalue weighted by Gasteiger charge is 2.12. The van der Waals surface area contributed by atoms with Gasteiger partial charge in [0.2, 0.25) is 0 Å². The Morgan fingerprint density at radius 3 is 2.66 bits per heavy atom. The van der Waals surface area contributed by atoms with Crippen molar-refractivity contribution in [3.8, 4) is 17.4 Å². The van der Waals surface area contributed by atoms with Crippen LogP contribution in [-0.2, 0) is 0 Å². The number of nitrogens with one attached hydrogen (secondary N) is 1. The second-order valence-corrected chi connectivity index (χ2v) is 7.00. The van der Waals surface area contributed by atoms with Crippen molar-refractivity contribution in [2.45, 2.75) is 0 Å². The molecule has 0 unspecified atom stereocenters. The molecule has 0 aliphatic heterocycles. The first-order valence-electron chi connectivity index (χ1n) is 8.93. The summed E-state index contributed by atoms with van der Waals surface area (Å²) in [6.45, 7) is 0. The first kappa shape index (κ1) is 17.2. The molecular formula is C23H13ClN4O. The van der Waals surface area contributed by atoms with E-state index in [4.69, 9.17) is 16.1 Å². The largest absolute Gasteiger partial charge is 0.355 e. The summed E-state index contributed by atoms with van der Waals surface area (Å²) < 4.78 is 5.55. The molecule has 0 fully saturated rings. The molecule has 1 N–H and O–H groups in total. The first-order chi connectivity index (χ1) is 14.2. The maximum atomic E-state index is 9.68. The standard InChI is InChI=1S/C23H13ClN4O/c24-17-8-6-15(7-9-17)22-18-12-14(5-10-19(18)28-29-22)11-16(13-25)23-26-20-3-1-2-4-21(20)27-23/h1-12H,(H,26,27)/b16-11+. The summed E-state index contributed by atoms with van der Waals surface area (Å²) in [5.41, 5.74) is 4.65. The second-order valence-electron chi connectivity index (χ2n) is 6.57. The van der Waals surface area contributed by atoms with Gasteiger partial charge in [0.05, 0.1) is 22.0 Å². The Labute approximate surface area is 170 Å². The van der Waals surface area contributed by atoms with E-state index in [-0.39, 0.29) is 0 Å². The average Bonchev–Trinajstić information content (AvgIpc) is 3.36. The van der Waals surface area contributed by atoms with Crippen molar-refractivity contribution in [2.75, 3.05) is 0 Å². The molecule has 29 heavy (non-hydrogen) atoms. The number of nitrogens with zero attached hydrogens (tertiary/aromatic N) is 3. The maximum absolute atomic E-state index is 9.68. The highest BCUT2D eigenvalue weighted by atomic mass is 35.5. The van der Waals surface area contributed by atoms with E-state index >= 15 is 0 Å². The van der Waals surface area contributed by atoms with E-state index in [0.717, 1.165) is 33.1 Å². The third-order valence-electron chi connectivity index (χ3n) is 4.68. The Balaban J connectivity index is 1.59. The van der Waals surface area contributed by atoms with Crippen molar-refractivity contribution >= 4 is 45.2 Å². The van der Waals surface area contributed by atoms with Gasteiger partial charge in [-0.05, 0) is 60.2 Å². The number of benzene rings is 3. The van der Waals surface area contributed by atoms with Gasteiger partial charge in [0.25, 0.3) is 0 Å². The van der Waals surface area contributed by atoms with Crippen LogP contribution in [0.4, 0.5) is 0 Å². The van der Waals surface area contributed by atoms with Crippen molar-refractivity contribution in [2.24, 2.45) is 0 Å². The average molecular weight is 397 g/mol. The number of para-hydroxylation sites is 2. The van der Waals surface area contributed by atoms with E-state index < -0.39 is 0 Å². The van der Waals surface area contributed by atoms with Crippen LogP contribution in [0.5, 0.6) is 0 Å². The van der Waals surface area contributed by atoms with E-state index in [9.17, 15) is 5.26 Å². The minimum atomic E-state index is 0.449. The van der Waals surface area contributed by atoms with Crippen LogP contribution in [0.1, 0.15) is 11.4 Å². The zero-order valence-electron chi connectivity index (χ0n) is 15.1. The number of imidazole rings is 1. The molecule has 3 aromatic carbocycles. The van der Waals surface area contributed by atoms with Gasteiger partial charge >= 0.3 is 0 Å². The number of allylic oxidation sites excluding steroid dienone is 1. The van der Waals surface area contributed by atoms with Crippen LogP contribution in [0.2, 0.25) is 5.02 Å². The molecule has 0 bridgehead atoms. The first-order valence-corrected chi connectivity index (χ1v) is 9.31. The number of rotatable bonds is 3. The fourth-order valence-electron chi connectivity index (χ4n) is 3.26. The molecule has 0 spiro atoms. The Morgan fingerprint density at radius 2 is 1.86 bits per heavy atom. The van der Waals surface area contributed by atoms with Gasteiger partial charge in [-0.2, -0.15) is 5.26 Å². The van der Waals surface area contributed by atoms with Crippen LogP contribution in [-0.4, -0.2) is 15.1 Å². The maximum Gasteiger partial charge on any atom is 0.174 e. The van der Waals surface area contributed by atoms with Crippen LogP contribution in [0.3, 0.4) is 0 Å². The van der Waals surface area contributed by atoms with E-state index in [2.05, 4.69) is 21.2 Å². The quantitative estimate of drug-likeness (QED) is 0.374. The molecule has 0 radical (unpaired) electrons. The fourth-order valence-corrected chi connectivity index (χ4v) is 3.38. The lowest BCUT2D eigenvalue weighted by molar-refractivity contribution is 0.441. The monoisotopic (exact) mass is 396 g/mol. The third-order valence-corrected chi connectivity index (χ3v) is 4.93. The normalized spacial score (nSPS) is 11.8. The number of aromatic nitrogens is 3. The number of fused-ring (bicyclic) bond motifs is 2. The van der Waals surface area contributed by atoms with Crippen molar-refractivity contribution < 1.29 is 4.52 Å². The van der Waals surface area contributed by atoms with E-state index in [0.29, 0.717) is 22.2 Å². The SMILES string of the molecule is N#C/C(=C\c1ccc2noc(-c3ccc(Cl)cc3)c2c1)c1nc2ccccc2[nH]1. The molecule has 5 nitrogen and oxygen atoms in total. The van der Waals surface area contributed by atoms with Crippen molar-refractivity contribution in [1.82, 2.24) is 15.1 Å². The Morgan fingerprint density at radius 1 is 1.03 bits per heavy atom. The van der Waals surface area contributed by atoms with Gasteiger partial charge in [-0.25, -0.2) is 4.98 Å². The minimum absolute atomic E-state index is 0.449. The summed E-state index contributed by atoms with van der Waals surface area (Å²) in [6.07, 6.45) is 1.80. The smallest absolute Gasteiger partial charge is 0.174 e. The fraction of sp³-hybridized carbons (Fsp3) is 0. The molecule has 2 aromatic heterocycles. The van der Waals surface area contributed by atoms with E-state index in [1.165, 1.54) is 0 Å². The zero-order chi connectivity index (χ0) is 19.8. The van der Waals surface area contributed by atoms with Crippen LogP contribution in [0.15, 0.2) is 71.3 Å². The number of hydrogen-bond acceptors (Lipinski definition) is 4. The molecule has 6 heteroatoms. The number of H-pyrrole nitrogens is 1. The third kappa shape index (κ3) is 3.16. The molecule has 0 saturated carbocycles. The van der Waals surface area contributed by atoms with Crippen LogP contribution < -0.4 is 0 Å². The topological polar surface area (TPSA) is 78.5 Å². The lowest BCUT2D eigenvalue weighted by Gasteiger charge is -1.99. The number of hydrogen-bond donors (Lipinski definition) is 1. The molecule has 2 heterocycles. The molecule has 0 saturated heterocycles. The van der Waals surface area contributed by atoms with Crippen LogP contribution in [0, 0.1) is 11.3 Å². The number of aromatic amines is 1. The molecule has 0 atom stereocenters. The molecule has 138 valence electrons. The van der Waals surface area contributed by atoms with Gasteiger partial charge in [0, 0.05) is 10.6 Å². The van der Waals surface area contributed by atoms with Gasteiger partial charge in [-0.15, -0.1) is 0 Å². The Kier molecular flexibility index (Phi) is 4.12. The predicted molar refractivity (Wildman–Crippen MR) is 114 cm³/mol. The molecule has 5 rings (SSSR count). The van der Waals surface area contributed by atoms with Gasteiger partial charge in [0.1, 0.15) is 17.4 Å². The van der Waals surface area contributed by atoms with Gasteiger partial charge < -0.3 is 9.51 Å². The van der Waals surface area contributed by atoms with Gasteiger partial charge in [-0.1, -0.05) is 35.0 Å². The zero-order valence-corrected chi connectivity index (χ0v) is 15.8. The van der Waals surface area contributed by atoms with Crippen LogP contribution >= 0.6 is 11.6 Å². The summed E-state index contributed by atoms with van der Waals surface area (Å²) in [5, 5.41) is 15.3. The number of nitriles is 1. The number of halogens is 1. The minimum Gasteiger partial charge on any atom is -0.355 e. The van der Waals surface area contributed by atoms with E-state index in [1.54, 1.807) is 6.08 Å².